The second-order valence-corrected chi connectivity index (χ2v) is 8.84. The van der Waals surface area contributed by atoms with Crippen molar-refractivity contribution in [3.8, 4) is 6.07 Å². The molecule has 1 amide bonds. The van der Waals surface area contributed by atoms with Gasteiger partial charge in [0.25, 0.3) is 5.91 Å². The third-order valence-electron chi connectivity index (χ3n) is 3.73. The van der Waals surface area contributed by atoms with Crippen LogP contribution in [0.5, 0.6) is 0 Å². The second kappa shape index (κ2) is 9.39. The number of rotatable bonds is 5. The fourth-order valence-electron chi connectivity index (χ4n) is 2.35. The highest BCUT2D eigenvalue weighted by molar-refractivity contribution is 8.01. The Morgan fingerprint density at radius 3 is 2.53 bits per heavy atom. The zero-order chi connectivity index (χ0) is 21.7. The van der Waals surface area contributed by atoms with Crippen LogP contribution < -0.4 is 5.32 Å². The molecule has 152 valence electrons. The molecule has 0 radical (unpaired) electrons. The van der Waals surface area contributed by atoms with E-state index in [-0.39, 0.29) is 11.3 Å². The molecule has 0 bridgehead atoms. The summed E-state index contributed by atoms with van der Waals surface area (Å²) in [5, 5.41) is 12.3. The first-order valence-corrected chi connectivity index (χ1v) is 10.4. The molecule has 0 aliphatic rings. The lowest BCUT2D eigenvalue weighted by molar-refractivity contribution is -0.137. The Balaban J connectivity index is 1.73. The van der Waals surface area contributed by atoms with Crippen LogP contribution in [-0.4, -0.2) is 5.91 Å². The van der Waals surface area contributed by atoms with Gasteiger partial charge in [-0.15, -0.1) is 11.3 Å². The molecule has 1 heterocycles. The van der Waals surface area contributed by atoms with E-state index in [9.17, 15) is 23.2 Å². The van der Waals surface area contributed by atoms with Gasteiger partial charge in [-0.1, -0.05) is 29.4 Å². The molecule has 0 spiro atoms. The average molecular weight is 465 g/mol. The molecular formula is C21H12ClF3N2OS2. The Morgan fingerprint density at radius 2 is 1.87 bits per heavy atom. The molecule has 0 atom stereocenters. The summed E-state index contributed by atoms with van der Waals surface area (Å²) in [7, 11) is 0. The van der Waals surface area contributed by atoms with Gasteiger partial charge in [-0.05, 0) is 60.7 Å². The number of halogens is 4. The molecule has 1 N–H and O–H groups in total. The van der Waals surface area contributed by atoms with E-state index >= 15 is 0 Å². The molecule has 0 aliphatic carbocycles. The Labute approximate surface area is 183 Å². The number of anilines is 1. The molecular weight excluding hydrogens is 453 g/mol. The van der Waals surface area contributed by atoms with Gasteiger partial charge in [-0.25, -0.2) is 0 Å². The van der Waals surface area contributed by atoms with E-state index in [1.165, 1.54) is 41.3 Å². The van der Waals surface area contributed by atoms with Gasteiger partial charge in [0.15, 0.2) is 0 Å². The highest BCUT2D eigenvalue weighted by Crippen LogP contribution is 2.35. The third-order valence-corrected chi connectivity index (χ3v) is 6.16. The maximum Gasteiger partial charge on any atom is 0.416 e. The first-order chi connectivity index (χ1) is 14.2. The van der Waals surface area contributed by atoms with Crippen LogP contribution in [0.15, 0.2) is 75.3 Å². The van der Waals surface area contributed by atoms with Crippen molar-refractivity contribution in [2.24, 2.45) is 0 Å². The summed E-state index contributed by atoms with van der Waals surface area (Å²) in [6, 6.07) is 17.0. The number of alkyl halides is 3. The monoisotopic (exact) mass is 464 g/mol. The van der Waals surface area contributed by atoms with Crippen molar-refractivity contribution in [2.75, 3.05) is 5.32 Å². The van der Waals surface area contributed by atoms with Crippen LogP contribution in [0.25, 0.3) is 6.08 Å². The second-order valence-electron chi connectivity index (χ2n) is 5.92. The van der Waals surface area contributed by atoms with E-state index < -0.39 is 17.6 Å². The molecule has 30 heavy (non-hydrogen) atoms. The number of nitrogens with zero attached hydrogens (tertiary/aromatic N) is 1. The van der Waals surface area contributed by atoms with E-state index in [1.54, 1.807) is 24.3 Å². The summed E-state index contributed by atoms with van der Waals surface area (Å²) in [6.45, 7) is 0. The van der Waals surface area contributed by atoms with Gasteiger partial charge >= 0.3 is 6.18 Å². The predicted molar refractivity (Wildman–Crippen MR) is 114 cm³/mol. The molecule has 3 aromatic rings. The van der Waals surface area contributed by atoms with E-state index in [4.69, 9.17) is 11.6 Å². The number of thiophene rings is 1. The molecule has 3 rings (SSSR count). The number of hydrogen-bond acceptors (Lipinski definition) is 4. The summed E-state index contributed by atoms with van der Waals surface area (Å²) in [5.41, 5.74) is -1.14. The van der Waals surface area contributed by atoms with Crippen LogP contribution in [0.4, 0.5) is 18.9 Å². The normalized spacial score (nSPS) is 11.8. The molecule has 3 nitrogen and oxygen atoms in total. The SMILES string of the molecule is N#C/C(=C/c1ccc(Sc2ccc(Cl)cc2)s1)C(=O)Nc1cccc(C(F)(F)F)c1. The van der Waals surface area contributed by atoms with Gasteiger partial charge in [0.2, 0.25) is 0 Å². The van der Waals surface area contributed by atoms with Crippen molar-refractivity contribution in [3.05, 3.63) is 81.7 Å². The van der Waals surface area contributed by atoms with E-state index in [0.717, 1.165) is 21.2 Å². The van der Waals surface area contributed by atoms with Gasteiger partial charge in [0, 0.05) is 20.5 Å². The minimum absolute atomic E-state index is 0.0406. The third kappa shape index (κ3) is 5.89. The largest absolute Gasteiger partial charge is 0.416 e. The number of hydrogen-bond donors (Lipinski definition) is 1. The van der Waals surface area contributed by atoms with Crippen LogP contribution in [0, 0.1) is 11.3 Å². The molecule has 0 saturated carbocycles. The van der Waals surface area contributed by atoms with Gasteiger partial charge in [-0.3, -0.25) is 4.79 Å². The number of amides is 1. The molecule has 2 aromatic carbocycles. The zero-order valence-electron chi connectivity index (χ0n) is 15.0. The topological polar surface area (TPSA) is 52.9 Å². The van der Waals surface area contributed by atoms with Crippen molar-refractivity contribution in [2.45, 2.75) is 15.3 Å². The summed E-state index contributed by atoms with van der Waals surface area (Å²) >= 11 is 8.76. The van der Waals surface area contributed by atoms with Crippen LogP contribution in [-0.2, 0) is 11.0 Å². The molecule has 9 heteroatoms. The maximum absolute atomic E-state index is 12.8. The highest BCUT2D eigenvalue weighted by Gasteiger charge is 2.30. The number of benzene rings is 2. The minimum atomic E-state index is -4.52. The van der Waals surface area contributed by atoms with Gasteiger partial charge < -0.3 is 5.32 Å². The standard InChI is InChI=1S/C21H12ClF3N2OS2/c22-15-4-6-17(7-5-15)29-19-9-8-18(30-19)10-13(12-26)20(28)27-16-3-1-2-14(11-16)21(23,24)25/h1-11H,(H,27,28)/b13-10-. The van der Waals surface area contributed by atoms with Crippen LogP contribution >= 0.6 is 34.7 Å². The smallest absolute Gasteiger partial charge is 0.321 e. The lowest BCUT2D eigenvalue weighted by Gasteiger charge is -2.09. The fraction of sp³-hybridized carbons (Fsp3) is 0.0476. The summed E-state index contributed by atoms with van der Waals surface area (Å²) < 4.78 is 39.4. The van der Waals surface area contributed by atoms with E-state index in [0.29, 0.717) is 9.90 Å². The van der Waals surface area contributed by atoms with Crippen LogP contribution in [0.3, 0.4) is 0 Å². The Hall–Kier alpha value is -2.73. The van der Waals surface area contributed by atoms with Gasteiger partial charge in [0.05, 0.1) is 9.77 Å². The van der Waals surface area contributed by atoms with Gasteiger partial charge in [-0.2, -0.15) is 18.4 Å². The zero-order valence-corrected chi connectivity index (χ0v) is 17.4. The summed E-state index contributed by atoms with van der Waals surface area (Å²) in [5.74, 6) is -0.780. The first-order valence-electron chi connectivity index (χ1n) is 8.38. The lowest BCUT2D eigenvalue weighted by Crippen LogP contribution is -2.14. The Morgan fingerprint density at radius 1 is 1.13 bits per heavy atom. The highest BCUT2D eigenvalue weighted by atomic mass is 35.5. The predicted octanol–water partition coefficient (Wildman–Crippen LogP) is 7.12. The summed E-state index contributed by atoms with van der Waals surface area (Å²) in [4.78, 5) is 14.0. The number of nitrogens with one attached hydrogen (secondary N) is 1. The minimum Gasteiger partial charge on any atom is -0.321 e. The summed E-state index contributed by atoms with van der Waals surface area (Å²) in [6.07, 6.45) is -3.12. The van der Waals surface area contributed by atoms with Crippen molar-refractivity contribution >= 4 is 52.4 Å². The van der Waals surface area contributed by atoms with Crippen molar-refractivity contribution in [1.82, 2.24) is 0 Å². The van der Waals surface area contributed by atoms with E-state index in [1.807, 2.05) is 18.2 Å². The molecule has 0 fully saturated rings. The van der Waals surface area contributed by atoms with Crippen molar-refractivity contribution in [1.29, 1.82) is 5.26 Å². The number of nitriles is 1. The fourth-order valence-corrected chi connectivity index (χ4v) is 4.54. The van der Waals surface area contributed by atoms with Crippen molar-refractivity contribution in [3.63, 3.8) is 0 Å². The van der Waals surface area contributed by atoms with Crippen LogP contribution in [0.1, 0.15) is 10.4 Å². The van der Waals surface area contributed by atoms with Crippen molar-refractivity contribution < 1.29 is 18.0 Å². The molecule has 0 saturated heterocycles. The number of carbonyl (C=O) groups excluding carboxylic acids is 1. The quantitative estimate of drug-likeness (QED) is 0.323. The average Bonchev–Trinajstić information content (AvgIpc) is 3.14. The molecule has 1 aromatic heterocycles. The number of carbonyl (C=O) groups is 1. The maximum atomic E-state index is 12.8. The molecule has 0 aliphatic heterocycles. The Kier molecular flexibility index (Phi) is 6.87. The Bertz CT molecular complexity index is 1130. The first kappa shape index (κ1) is 22.0. The molecule has 0 unspecified atom stereocenters. The van der Waals surface area contributed by atoms with Gasteiger partial charge in [0.1, 0.15) is 11.6 Å². The van der Waals surface area contributed by atoms with E-state index in [2.05, 4.69) is 5.32 Å². The lowest BCUT2D eigenvalue weighted by atomic mass is 10.1. The van der Waals surface area contributed by atoms with Crippen LogP contribution in [0.2, 0.25) is 5.02 Å².